The summed E-state index contributed by atoms with van der Waals surface area (Å²) in [6.07, 6.45) is 8.00. The van der Waals surface area contributed by atoms with Crippen LogP contribution < -0.4 is 25.1 Å². The zero-order valence-corrected chi connectivity index (χ0v) is 48.1. The summed E-state index contributed by atoms with van der Waals surface area (Å²) in [6, 6.07) is 0.998. The number of Topliss-reactive ketones (excluding diaryl/α,β-unsaturated/α-hetero) is 1. The Morgan fingerprint density at radius 3 is 2.23 bits per heavy atom. The summed E-state index contributed by atoms with van der Waals surface area (Å²) in [4.78, 5) is 70.8. The highest BCUT2D eigenvalue weighted by Crippen LogP contribution is 2.55. The number of carboxylic acid groups (broad SMARTS) is 1. The van der Waals surface area contributed by atoms with Gasteiger partial charge in [-0.15, -0.1) is 0 Å². The highest BCUT2D eigenvalue weighted by Gasteiger charge is 2.50. The van der Waals surface area contributed by atoms with Gasteiger partial charge in [0.1, 0.15) is 34.6 Å². The van der Waals surface area contributed by atoms with Gasteiger partial charge in [0.05, 0.1) is 77.5 Å². The lowest BCUT2D eigenvalue weighted by atomic mass is 9.78. The number of fused-ring (bicyclic) bond motifs is 15. The van der Waals surface area contributed by atoms with E-state index in [-0.39, 0.29) is 73.4 Å². The Labute approximate surface area is 478 Å². The van der Waals surface area contributed by atoms with E-state index in [2.05, 4.69) is 10.2 Å². The monoisotopic (exact) mass is 1150 g/mol. The number of aromatic nitrogens is 1. The second-order valence-electron chi connectivity index (χ2n) is 22.7. The zero-order valence-electron chi connectivity index (χ0n) is 48.1. The Morgan fingerprint density at radius 2 is 1.59 bits per heavy atom. The van der Waals surface area contributed by atoms with Crippen LogP contribution in [0.1, 0.15) is 106 Å². The number of piperazine rings is 1. The average Bonchev–Trinajstić information content (AvgIpc) is 2.49. The molecule has 22 nitrogen and oxygen atoms in total. The number of allylic oxidation sites excluding steroid dienone is 2. The predicted octanol–water partition coefficient (Wildman–Crippen LogP) is 6.48. The topological polar surface area (TPSA) is 292 Å². The van der Waals surface area contributed by atoms with Gasteiger partial charge in [0, 0.05) is 112 Å². The van der Waals surface area contributed by atoms with Crippen molar-refractivity contribution in [2.75, 3.05) is 63.7 Å². The van der Waals surface area contributed by atoms with Gasteiger partial charge >= 0.3 is 17.7 Å². The third kappa shape index (κ3) is 11.1. The van der Waals surface area contributed by atoms with Gasteiger partial charge in [-0.25, -0.2) is 9.18 Å². The number of ether oxygens (including phenoxy) is 5. The van der Waals surface area contributed by atoms with E-state index in [1.165, 1.54) is 72.7 Å². The van der Waals surface area contributed by atoms with Crippen molar-refractivity contribution in [2.24, 2.45) is 28.8 Å². The van der Waals surface area contributed by atoms with E-state index in [0.29, 0.717) is 51.2 Å². The summed E-state index contributed by atoms with van der Waals surface area (Å²) in [7, 11) is 2.82. The molecule has 2 saturated heterocycles. The first kappa shape index (κ1) is 59.9. The molecule has 4 aromatic rings. The number of phenols is 3. The van der Waals surface area contributed by atoms with Crippen molar-refractivity contribution in [2.45, 2.75) is 117 Å². The molecule has 10 rings (SSSR count). The number of hydrazone groups is 1. The number of aromatic hydroxyl groups is 3. The van der Waals surface area contributed by atoms with Gasteiger partial charge in [0.15, 0.2) is 17.3 Å². The molecule has 1 aliphatic carbocycles. The number of halogens is 1. The van der Waals surface area contributed by atoms with Crippen molar-refractivity contribution in [1.82, 2.24) is 14.5 Å². The van der Waals surface area contributed by atoms with E-state index in [4.69, 9.17) is 28.8 Å². The van der Waals surface area contributed by atoms with E-state index in [1.54, 1.807) is 49.4 Å². The maximum atomic E-state index is 16.2. The molecule has 6 aliphatic rings. The number of ketones is 1. The fourth-order valence-corrected chi connectivity index (χ4v) is 12.2. The van der Waals surface area contributed by atoms with Gasteiger partial charge in [-0.2, -0.15) is 5.10 Å². The third-order valence-corrected chi connectivity index (χ3v) is 17.2. The SMILES string of the molecule is COc1c(N2CCN(C3CCN(/N=C\c4c5c(O)c6c(O)c(C)c7c(c6c4O)C(=O)[C@@](C)(O/C=C/[C@H](OC)[C@@H](C)[C@@H](OC(C)=O)[C@H](C)[C@H](O)[C@H](C)[C@@H](O)[C@@H](C)/C=C/C=C(/C)C(=O)N5)O7)C3)CC2)c(F)cc2c(=O)c(C(=O)O)cn(C3CC3)c12. The first-order chi connectivity index (χ1) is 39.3. The Kier molecular flexibility index (Phi) is 17.0. The van der Waals surface area contributed by atoms with Crippen LogP contribution in [0.5, 0.6) is 28.7 Å². The van der Waals surface area contributed by atoms with Crippen LogP contribution in [0, 0.1) is 36.4 Å². The van der Waals surface area contributed by atoms with Crippen LogP contribution in [0.15, 0.2) is 58.3 Å². The zero-order chi connectivity index (χ0) is 60.3. The number of carbonyl (C=O) groups is 4. The van der Waals surface area contributed by atoms with Gasteiger partial charge in [0.25, 0.3) is 11.7 Å². The number of esters is 1. The van der Waals surface area contributed by atoms with Crippen LogP contribution in [-0.4, -0.2) is 165 Å². The summed E-state index contributed by atoms with van der Waals surface area (Å²) < 4.78 is 47.6. The smallest absolute Gasteiger partial charge is 0.341 e. The molecular weight excluding hydrogens is 1080 g/mol. The quantitative estimate of drug-likeness (QED) is 0.0408. The van der Waals surface area contributed by atoms with Crippen molar-refractivity contribution in [1.29, 1.82) is 0 Å². The lowest BCUT2D eigenvalue weighted by Gasteiger charge is -2.39. The largest absolute Gasteiger partial charge is 0.507 e. The second kappa shape index (κ2) is 23.5. The number of rotatable bonds is 9. The van der Waals surface area contributed by atoms with Crippen LogP contribution in [-0.2, 0) is 23.8 Å². The fourth-order valence-electron chi connectivity index (χ4n) is 12.2. The van der Waals surface area contributed by atoms with Crippen LogP contribution >= 0.6 is 0 Å². The number of hydrogen-bond donors (Lipinski definition) is 7. The molecule has 6 heterocycles. The van der Waals surface area contributed by atoms with Crippen LogP contribution in [0.2, 0.25) is 0 Å². The minimum Gasteiger partial charge on any atom is -0.507 e. The highest BCUT2D eigenvalue weighted by atomic mass is 19.1. The molecule has 0 radical (unpaired) electrons. The number of nitrogens with zero attached hydrogens (tertiary/aromatic N) is 5. The molecule has 446 valence electrons. The maximum absolute atomic E-state index is 16.2. The van der Waals surface area contributed by atoms with E-state index in [9.17, 15) is 54.6 Å². The van der Waals surface area contributed by atoms with E-state index in [0.717, 1.165) is 18.9 Å². The van der Waals surface area contributed by atoms with Crippen molar-refractivity contribution >= 4 is 62.9 Å². The molecule has 1 amide bonds. The van der Waals surface area contributed by atoms with Crippen LogP contribution in [0.3, 0.4) is 0 Å². The predicted molar refractivity (Wildman–Crippen MR) is 305 cm³/mol. The number of phenolic OH excluding ortho intramolecular Hbond substituents is 3. The maximum Gasteiger partial charge on any atom is 0.341 e. The average molecular weight is 1150 g/mol. The normalized spacial score (nSPS) is 29.0. The lowest BCUT2D eigenvalue weighted by molar-refractivity contribution is -0.160. The first-order valence-corrected chi connectivity index (χ1v) is 27.9. The van der Waals surface area contributed by atoms with E-state index >= 15 is 4.39 Å². The number of anilines is 2. The minimum absolute atomic E-state index is 0.00379. The molecule has 3 aromatic carbocycles. The van der Waals surface area contributed by atoms with Gasteiger partial charge in [-0.3, -0.25) is 29.1 Å². The molecule has 23 heteroatoms. The molecule has 83 heavy (non-hydrogen) atoms. The van der Waals surface area contributed by atoms with E-state index in [1.807, 2.05) is 4.90 Å². The number of hydrogen-bond acceptors (Lipinski definition) is 19. The van der Waals surface area contributed by atoms with Crippen molar-refractivity contribution in [3.8, 4) is 28.7 Å². The first-order valence-electron chi connectivity index (χ1n) is 27.9. The number of carbonyl (C=O) groups excluding carboxylic acids is 3. The van der Waals surface area contributed by atoms with Crippen molar-refractivity contribution in [3.63, 3.8) is 0 Å². The molecule has 7 N–H and O–H groups in total. The number of pyridine rings is 1. The molecule has 1 aromatic heterocycles. The molecule has 1 saturated carbocycles. The second-order valence-corrected chi connectivity index (χ2v) is 22.7. The third-order valence-electron chi connectivity index (χ3n) is 17.2. The Morgan fingerprint density at radius 1 is 0.892 bits per heavy atom. The van der Waals surface area contributed by atoms with Crippen LogP contribution in [0.4, 0.5) is 15.8 Å². The summed E-state index contributed by atoms with van der Waals surface area (Å²) >= 11 is 0. The molecular formula is C60H73FN6O16. The molecule has 5 aliphatic heterocycles. The van der Waals surface area contributed by atoms with E-state index < -0.39 is 112 Å². The standard InChI is InChI=1S/C60H73FN6O16/c1-28-12-11-13-29(2)58(76)63-45-38(25-62-66-18-16-36(26-66)64-19-21-65(22-20-64)47-40(61)24-37-46(56(47)80-10)67(35-14-15-35)27-39(51(37)72)59(77)78)52(73)42-43(53(45)74)50(71)33(6)55-44(42)57(75)60(8,83-55)81-23-17-41(79-9)30(3)54(82-34(7)68)32(5)49(70)31(4)48(28)69/h11-13,17,23-25,27-28,30-32,35-36,41,48-49,54,69-71,73-74H,14-16,18-22,26H2,1-10H3,(H,63,76)(H,77,78)/b12-11+,23-17+,29-13-,62-25-/t28-,30+,31+,32+,36?,41-,48-,49+,54+,60-/m0/s1. The lowest BCUT2D eigenvalue weighted by Crippen LogP contribution is -2.51. The summed E-state index contributed by atoms with van der Waals surface area (Å²) in [6.45, 7) is 14.9. The number of methoxy groups -OCH3 is 2. The number of aliphatic hydroxyl groups is 2. The number of amides is 1. The molecule has 5 bridgehead atoms. The number of nitrogens with one attached hydrogen (secondary N) is 1. The number of carboxylic acids is 1. The van der Waals surface area contributed by atoms with Crippen molar-refractivity contribution in [3.05, 3.63) is 86.7 Å². The Balaban J connectivity index is 1.03. The van der Waals surface area contributed by atoms with Crippen molar-refractivity contribution < 1.29 is 77.9 Å². The highest BCUT2D eigenvalue weighted by molar-refractivity contribution is 6.24. The Bertz CT molecular complexity index is 3460. The van der Waals surface area contributed by atoms with Gasteiger partial charge in [-0.05, 0) is 45.3 Å². The van der Waals surface area contributed by atoms with Gasteiger partial charge in [0.2, 0.25) is 5.43 Å². The molecule has 10 atom stereocenters. The summed E-state index contributed by atoms with van der Waals surface area (Å²) in [5, 5.41) is 77.9. The summed E-state index contributed by atoms with van der Waals surface area (Å²) in [5.74, 6) is -11.0. The Hall–Kier alpha value is -7.73. The van der Waals surface area contributed by atoms with Gasteiger partial charge < -0.3 is 69.1 Å². The minimum atomic E-state index is -2.13. The summed E-state index contributed by atoms with van der Waals surface area (Å²) in [5.41, 5.74) is -1.40. The molecule has 3 fully saturated rings. The fraction of sp³-hybridized carbons (Fsp3) is 0.500. The van der Waals surface area contributed by atoms with Crippen LogP contribution in [0.25, 0.3) is 21.7 Å². The molecule has 0 spiro atoms. The number of aliphatic hydroxyl groups excluding tert-OH is 2. The number of aromatic carboxylic acids is 1. The van der Waals surface area contributed by atoms with Gasteiger partial charge in [-0.1, -0.05) is 45.9 Å². The number of benzene rings is 3. The molecule has 1 unspecified atom stereocenters.